The summed E-state index contributed by atoms with van der Waals surface area (Å²) in [5, 5.41) is 13.2. The Labute approximate surface area is 237 Å². The first kappa shape index (κ1) is 27.4. The molecule has 1 unspecified atom stereocenters. The molecule has 9 nitrogen and oxygen atoms in total. The third kappa shape index (κ3) is 4.76. The normalized spacial score (nSPS) is 14.2. The van der Waals surface area contributed by atoms with Crippen molar-refractivity contribution in [2.75, 3.05) is 26.5 Å². The summed E-state index contributed by atoms with van der Waals surface area (Å²) < 4.78 is 7.10. The number of methoxy groups -OCH3 is 1. The smallest absolute Gasteiger partial charge is 0.338 e. The molecule has 41 heavy (non-hydrogen) atoms. The van der Waals surface area contributed by atoms with Gasteiger partial charge in [-0.2, -0.15) is 0 Å². The number of hydrogen-bond acceptors (Lipinski definition) is 5. The Morgan fingerprint density at radius 1 is 1.00 bits per heavy atom. The van der Waals surface area contributed by atoms with Crippen LogP contribution < -0.4 is 15.8 Å². The van der Waals surface area contributed by atoms with Crippen LogP contribution in [-0.4, -0.2) is 53.6 Å². The van der Waals surface area contributed by atoms with E-state index >= 15 is 0 Å². The molecule has 0 radical (unpaired) electrons. The van der Waals surface area contributed by atoms with E-state index in [4.69, 9.17) is 10.5 Å². The number of aromatic carboxylic acids is 1. The molecule has 9 heteroatoms. The number of hydrogen-bond donors (Lipinski definition) is 3. The fourth-order valence-corrected chi connectivity index (χ4v) is 5.48. The second-order valence-electron chi connectivity index (χ2n) is 9.97. The third-order valence-corrected chi connectivity index (χ3v) is 7.25. The molecule has 2 heterocycles. The van der Waals surface area contributed by atoms with Crippen LogP contribution in [0.25, 0.3) is 33.9 Å². The highest BCUT2D eigenvalue weighted by molar-refractivity contribution is 6.35. The molecule has 3 aromatic carbocycles. The summed E-state index contributed by atoms with van der Waals surface area (Å²) in [7, 11) is 4.98. The number of fused-ring (bicyclic) bond motifs is 1. The van der Waals surface area contributed by atoms with Gasteiger partial charge in [0.15, 0.2) is 6.17 Å². The lowest BCUT2D eigenvalue weighted by Crippen LogP contribution is -2.38. The van der Waals surface area contributed by atoms with Crippen molar-refractivity contribution >= 4 is 35.1 Å². The molecule has 0 bridgehead atoms. The number of primary amides is 1. The average molecular weight is 551 g/mol. The van der Waals surface area contributed by atoms with Crippen molar-refractivity contribution in [2.24, 2.45) is 5.73 Å². The SMILES string of the molecule is COc1ccccc1-c1ccc2c(c1)NC(=O)C2=Cc1c(-c2ccccc2)c(C(=O)O)c(C)n1C(C(N)=O)N(C)C. The minimum Gasteiger partial charge on any atom is -0.496 e. The van der Waals surface area contributed by atoms with Crippen molar-refractivity contribution in [3.8, 4) is 28.0 Å². The van der Waals surface area contributed by atoms with E-state index in [1.807, 2.05) is 48.5 Å². The molecule has 2 amide bonds. The number of rotatable bonds is 8. The van der Waals surface area contributed by atoms with Crippen LogP contribution >= 0.6 is 0 Å². The highest BCUT2D eigenvalue weighted by atomic mass is 16.5. The van der Waals surface area contributed by atoms with Crippen molar-refractivity contribution in [2.45, 2.75) is 13.1 Å². The number of nitrogens with zero attached hydrogens (tertiary/aromatic N) is 2. The number of amides is 2. The lowest BCUT2D eigenvalue weighted by molar-refractivity contribution is -0.125. The molecule has 4 N–H and O–H groups in total. The zero-order chi connectivity index (χ0) is 29.4. The van der Waals surface area contributed by atoms with E-state index < -0.39 is 18.0 Å². The maximum absolute atomic E-state index is 13.4. The number of anilines is 1. The molecule has 1 aromatic heterocycles. The minimum absolute atomic E-state index is 0.0290. The van der Waals surface area contributed by atoms with Gasteiger partial charge in [-0.3, -0.25) is 14.5 Å². The van der Waals surface area contributed by atoms with Gasteiger partial charge in [-0.05, 0) is 50.4 Å². The Balaban J connectivity index is 1.77. The van der Waals surface area contributed by atoms with E-state index in [9.17, 15) is 19.5 Å². The van der Waals surface area contributed by atoms with Crippen molar-refractivity contribution in [3.63, 3.8) is 0 Å². The van der Waals surface area contributed by atoms with E-state index in [0.29, 0.717) is 45.1 Å². The molecule has 0 spiro atoms. The number of para-hydroxylation sites is 1. The number of likely N-dealkylation sites (N-methyl/N-ethyl adjacent to an activating group) is 1. The van der Waals surface area contributed by atoms with Gasteiger partial charge in [-0.15, -0.1) is 0 Å². The molecule has 0 saturated carbocycles. The van der Waals surface area contributed by atoms with Gasteiger partial charge in [0, 0.05) is 28.1 Å². The quantitative estimate of drug-likeness (QED) is 0.269. The zero-order valence-electron chi connectivity index (χ0n) is 23.1. The van der Waals surface area contributed by atoms with E-state index in [1.54, 1.807) is 67.9 Å². The summed E-state index contributed by atoms with van der Waals surface area (Å²) in [5.41, 5.74) is 10.9. The minimum atomic E-state index is -1.15. The molecule has 1 aliphatic heterocycles. The summed E-state index contributed by atoms with van der Waals surface area (Å²) in [6.07, 6.45) is 0.639. The maximum atomic E-state index is 13.4. The Bertz CT molecular complexity index is 1720. The standard InChI is InChI=1S/C32H30N4O5/c1-18-27(32(39)40)28(19-10-6-5-7-11-19)25(36(18)31(29(33)37)35(2)3)17-23-22-15-14-20(16-24(22)34-30(23)38)21-12-8-9-13-26(21)41-4/h5-17,31H,1-4H3,(H2,33,37)(H,34,38)(H,39,40). The van der Waals surface area contributed by atoms with Gasteiger partial charge in [0.2, 0.25) is 0 Å². The average Bonchev–Trinajstić information content (AvgIpc) is 3.41. The Morgan fingerprint density at radius 2 is 1.68 bits per heavy atom. The number of carboxylic acids is 1. The topological polar surface area (TPSA) is 127 Å². The zero-order valence-corrected chi connectivity index (χ0v) is 23.1. The van der Waals surface area contributed by atoms with Crippen molar-refractivity contribution < 1.29 is 24.2 Å². The van der Waals surface area contributed by atoms with E-state index in [-0.39, 0.29) is 11.5 Å². The van der Waals surface area contributed by atoms with Crippen LogP contribution in [0.2, 0.25) is 0 Å². The first-order valence-electron chi connectivity index (χ1n) is 12.9. The first-order chi connectivity index (χ1) is 19.6. The monoisotopic (exact) mass is 550 g/mol. The summed E-state index contributed by atoms with van der Waals surface area (Å²) in [6.45, 7) is 1.64. The van der Waals surface area contributed by atoms with Gasteiger partial charge in [-0.1, -0.05) is 60.7 Å². The first-order valence-corrected chi connectivity index (χ1v) is 12.9. The van der Waals surface area contributed by atoms with Crippen LogP contribution in [0, 0.1) is 6.92 Å². The fourth-order valence-electron chi connectivity index (χ4n) is 5.48. The summed E-state index contributed by atoms with van der Waals surface area (Å²) in [4.78, 5) is 40.3. The molecule has 1 aliphatic rings. The highest BCUT2D eigenvalue weighted by Crippen LogP contribution is 2.42. The number of nitrogens with two attached hydrogens (primary N) is 1. The van der Waals surface area contributed by atoms with Gasteiger partial charge < -0.3 is 25.5 Å². The Morgan fingerprint density at radius 3 is 2.32 bits per heavy atom. The number of carboxylic acid groups (broad SMARTS) is 1. The van der Waals surface area contributed by atoms with E-state index in [0.717, 1.165) is 11.1 Å². The molecule has 5 rings (SSSR count). The van der Waals surface area contributed by atoms with E-state index in [1.165, 1.54) is 0 Å². The van der Waals surface area contributed by atoms with Crippen molar-refractivity contribution in [1.29, 1.82) is 0 Å². The van der Waals surface area contributed by atoms with E-state index in [2.05, 4.69) is 5.32 Å². The highest BCUT2D eigenvalue weighted by Gasteiger charge is 2.33. The predicted molar refractivity (Wildman–Crippen MR) is 158 cm³/mol. The summed E-state index contributed by atoms with van der Waals surface area (Å²) in [6, 6.07) is 22.3. The van der Waals surface area contributed by atoms with Crippen molar-refractivity contribution in [1.82, 2.24) is 9.47 Å². The van der Waals surface area contributed by atoms with Gasteiger partial charge in [0.05, 0.1) is 23.9 Å². The molecule has 208 valence electrons. The largest absolute Gasteiger partial charge is 0.496 e. The third-order valence-electron chi connectivity index (χ3n) is 7.25. The Kier molecular flexibility index (Phi) is 7.21. The van der Waals surface area contributed by atoms with Crippen LogP contribution in [0.4, 0.5) is 5.69 Å². The van der Waals surface area contributed by atoms with Gasteiger partial charge in [-0.25, -0.2) is 4.79 Å². The van der Waals surface area contributed by atoms with Crippen LogP contribution in [0.3, 0.4) is 0 Å². The fraction of sp³-hybridized carbons (Fsp3) is 0.156. The second kappa shape index (κ2) is 10.8. The lowest BCUT2D eigenvalue weighted by Gasteiger charge is -2.26. The molecule has 0 fully saturated rings. The molecule has 1 atom stereocenters. The second-order valence-corrected chi connectivity index (χ2v) is 9.97. The number of benzene rings is 3. The Hall–Kier alpha value is -5.15. The molecular weight excluding hydrogens is 520 g/mol. The number of carbonyl (C=O) groups excluding carboxylic acids is 2. The predicted octanol–water partition coefficient (Wildman–Crippen LogP) is 4.88. The van der Waals surface area contributed by atoms with Gasteiger partial charge in [0.1, 0.15) is 5.75 Å². The summed E-state index contributed by atoms with van der Waals surface area (Å²) in [5.74, 6) is -1.46. The molecular formula is C32H30N4O5. The number of aromatic nitrogens is 1. The van der Waals surface area contributed by atoms with Crippen LogP contribution in [0.1, 0.15) is 33.5 Å². The number of nitrogens with one attached hydrogen (secondary N) is 1. The van der Waals surface area contributed by atoms with Gasteiger partial charge >= 0.3 is 5.97 Å². The molecule has 4 aromatic rings. The molecule has 0 saturated heterocycles. The maximum Gasteiger partial charge on any atom is 0.338 e. The summed E-state index contributed by atoms with van der Waals surface area (Å²) >= 11 is 0. The van der Waals surface area contributed by atoms with Crippen LogP contribution in [0.15, 0.2) is 72.8 Å². The van der Waals surface area contributed by atoms with Crippen molar-refractivity contribution in [3.05, 3.63) is 95.3 Å². The number of ether oxygens (including phenoxy) is 1. The van der Waals surface area contributed by atoms with Crippen LogP contribution in [-0.2, 0) is 9.59 Å². The van der Waals surface area contributed by atoms with Gasteiger partial charge in [0.25, 0.3) is 11.8 Å². The molecule has 0 aliphatic carbocycles. The lowest BCUT2D eigenvalue weighted by atomic mass is 9.96. The van der Waals surface area contributed by atoms with Crippen LogP contribution in [0.5, 0.6) is 5.75 Å². The number of carbonyl (C=O) groups is 3.